The summed E-state index contributed by atoms with van der Waals surface area (Å²) >= 11 is 0. The molecule has 1 aliphatic heterocycles. The van der Waals surface area contributed by atoms with Gasteiger partial charge in [-0.2, -0.15) is 4.98 Å². The maximum atomic E-state index is 11.7. The Bertz CT molecular complexity index is 623. The Morgan fingerprint density at radius 2 is 2.14 bits per heavy atom. The number of piperazine rings is 1. The van der Waals surface area contributed by atoms with Gasteiger partial charge in [0.05, 0.1) is 19.6 Å². The van der Waals surface area contributed by atoms with Gasteiger partial charge in [-0.3, -0.25) is 4.79 Å². The molecule has 0 aliphatic carbocycles. The highest BCUT2D eigenvalue weighted by Crippen LogP contribution is 2.20. The minimum Gasteiger partial charge on any atom is -0.497 e. The third-order valence-electron chi connectivity index (χ3n) is 3.33. The average molecular weight is 288 g/mol. The van der Waals surface area contributed by atoms with E-state index in [1.165, 1.54) is 0 Å². The van der Waals surface area contributed by atoms with Crippen molar-refractivity contribution in [3.05, 3.63) is 30.2 Å². The first-order valence-corrected chi connectivity index (χ1v) is 6.74. The normalized spacial score (nSPS) is 18.3. The van der Waals surface area contributed by atoms with Gasteiger partial charge in [0.25, 0.3) is 0 Å². The Balaban J connectivity index is 1.71. The summed E-state index contributed by atoms with van der Waals surface area (Å²) in [6, 6.07) is 7.07. The second kappa shape index (κ2) is 5.92. The molecule has 1 unspecified atom stereocenters. The van der Waals surface area contributed by atoms with Crippen molar-refractivity contribution in [3.8, 4) is 17.1 Å². The van der Waals surface area contributed by atoms with Crippen molar-refractivity contribution in [3.63, 3.8) is 0 Å². The largest absolute Gasteiger partial charge is 0.497 e. The number of carbonyl (C=O) groups excluding carboxylic acids is 1. The standard InChI is InChI=1S/C14H16N4O3/c1-20-10-4-2-9(3-5-10)13-17-12(21-18-13)8-11-14(19)16-7-6-15-11/h2-5,11,15H,6-8H2,1H3,(H,16,19). The molecule has 1 fully saturated rings. The number of carbonyl (C=O) groups is 1. The van der Waals surface area contributed by atoms with Crippen molar-refractivity contribution in [1.29, 1.82) is 0 Å². The van der Waals surface area contributed by atoms with E-state index in [1.807, 2.05) is 24.3 Å². The van der Waals surface area contributed by atoms with E-state index in [4.69, 9.17) is 9.26 Å². The van der Waals surface area contributed by atoms with E-state index >= 15 is 0 Å². The monoisotopic (exact) mass is 288 g/mol. The molecule has 0 spiro atoms. The number of ether oxygens (including phenoxy) is 1. The van der Waals surface area contributed by atoms with Crippen molar-refractivity contribution in [1.82, 2.24) is 20.8 Å². The number of nitrogens with one attached hydrogen (secondary N) is 2. The summed E-state index contributed by atoms with van der Waals surface area (Å²) < 4.78 is 10.3. The van der Waals surface area contributed by atoms with Gasteiger partial charge in [0.1, 0.15) is 5.75 Å². The summed E-state index contributed by atoms with van der Waals surface area (Å²) in [5, 5.41) is 9.87. The van der Waals surface area contributed by atoms with E-state index in [1.54, 1.807) is 7.11 Å². The van der Waals surface area contributed by atoms with E-state index in [2.05, 4.69) is 20.8 Å². The molecule has 0 radical (unpaired) electrons. The molecule has 7 nitrogen and oxygen atoms in total. The molecule has 3 rings (SSSR count). The SMILES string of the molecule is COc1ccc(-c2noc(CC3NCCNC3=O)n2)cc1. The van der Waals surface area contributed by atoms with Crippen LogP contribution >= 0.6 is 0 Å². The van der Waals surface area contributed by atoms with Gasteiger partial charge in [0.15, 0.2) is 0 Å². The van der Waals surface area contributed by atoms with Crippen LogP contribution in [0.2, 0.25) is 0 Å². The van der Waals surface area contributed by atoms with E-state index in [0.717, 1.165) is 17.9 Å². The van der Waals surface area contributed by atoms with Crippen LogP contribution in [0.1, 0.15) is 5.89 Å². The maximum absolute atomic E-state index is 11.7. The minimum atomic E-state index is -0.317. The van der Waals surface area contributed by atoms with Gasteiger partial charge >= 0.3 is 0 Å². The zero-order valence-electron chi connectivity index (χ0n) is 11.6. The molecular weight excluding hydrogens is 272 g/mol. The number of methoxy groups -OCH3 is 1. The lowest BCUT2D eigenvalue weighted by Gasteiger charge is -2.21. The predicted octanol–water partition coefficient (Wildman–Crippen LogP) is 0.376. The number of hydrogen-bond donors (Lipinski definition) is 2. The van der Waals surface area contributed by atoms with Gasteiger partial charge in [-0.05, 0) is 24.3 Å². The zero-order valence-corrected chi connectivity index (χ0v) is 11.6. The highest BCUT2D eigenvalue weighted by atomic mass is 16.5. The fourth-order valence-corrected chi connectivity index (χ4v) is 2.18. The van der Waals surface area contributed by atoms with Gasteiger partial charge in [-0.15, -0.1) is 0 Å². The lowest BCUT2D eigenvalue weighted by Crippen LogP contribution is -2.53. The summed E-state index contributed by atoms with van der Waals surface area (Å²) in [4.78, 5) is 16.0. The first-order valence-electron chi connectivity index (χ1n) is 6.74. The van der Waals surface area contributed by atoms with E-state index in [0.29, 0.717) is 24.7 Å². The predicted molar refractivity (Wildman–Crippen MR) is 74.8 cm³/mol. The Morgan fingerprint density at radius 3 is 2.86 bits per heavy atom. The smallest absolute Gasteiger partial charge is 0.237 e. The summed E-state index contributed by atoms with van der Waals surface area (Å²) in [7, 11) is 1.61. The number of amides is 1. The molecule has 2 N–H and O–H groups in total. The van der Waals surface area contributed by atoms with Crippen LogP contribution in [0.15, 0.2) is 28.8 Å². The van der Waals surface area contributed by atoms with Crippen LogP contribution in [0, 0.1) is 0 Å². The molecule has 2 aromatic rings. The molecule has 21 heavy (non-hydrogen) atoms. The van der Waals surface area contributed by atoms with Crippen LogP contribution in [-0.2, 0) is 11.2 Å². The molecule has 1 atom stereocenters. The molecule has 1 amide bonds. The molecular formula is C14H16N4O3. The quantitative estimate of drug-likeness (QED) is 0.845. The molecule has 0 saturated carbocycles. The molecule has 110 valence electrons. The van der Waals surface area contributed by atoms with Crippen LogP contribution in [0.3, 0.4) is 0 Å². The highest BCUT2D eigenvalue weighted by Gasteiger charge is 2.24. The van der Waals surface area contributed by atoms with Crippen LogP contribution in [0.4, 0.5) is 0 Å². The van der Waals surface area contributed by atoms with E-state index in [9.17, 15) is 4.79 Å². The Labute approximate surface area is 121 Å². The van der Waals surface area contributed by atoms with Crippen LogP contribution in [0.25, 0.3) is 11.4 Å². The van der Waals surface area contributed by atoms with Crippen molar-refractivity contribution in [2.24, 2.45) is 0 Å². The fourth-order valence-electron chi connectivity index (χ4n) is 2.18. The summed E-state index contributed by atoms with van der Waals surface area (Å²) in [5.74, 6) is 1.68. The maximum Gasteiger partial charge on any atom is 0.237 e. The number of aromatic nitrogens is 2. The van der Waals surface area contributed by atoms with Crippen molar-refractivity contribution >= 4 is 5.91 Å². The second-order valence-corrected chi connectivity index (χ2v) is 4.74. The van der Waals surface area contributed by atoms with Crippen molar-refractivity contribution in [2.45, 2.75) is 12.5 Å². The third kappa shape index (κ3) is 3.03. The van der Waals surface area contributed by atoms with E-state index < -0.39 is 0 Å². The molecule has 1 aromatic carbocycles. The van der Waals surface area contributed by atoms with Crippen molar-refractivity contribution < 1.29 is 14.1 Å². The first kappa shape index (κ1) is 13.6. The molecule has 0 bridgehead atoms. The van der Waals surface area contributed by atoms with Crippen molar-refractivity contribution in [2.75, 3.05) is 20.2 Å². The van der Waals surface area contributed by atoms with Gasteiger partial charge in [-0.25, -0.2) is 0 Å². The van der Waals surface area contributed by atoms with Gasteiger partial charge < -0.3 is 19.9 Å². The molecule has 2 heterocycles. The van der Waals surface area contributed by atoms with Crippen LogP contribution in [0.5, 0.6) is 5.75 Å². The summed E-state index contributed by atoms with van der Waals surface area (Å²) in [5.41, 5.74) is 0.840. The number of nitrogens with zero attached hydrogens (tertiary/aromatic N) is 2. The summed E-state index contributed by atoms with van der Waals surface area (Å²) in [6.45, 7) is 1.39. The van der Waals surface area contributed by atoms with E-state index in [-0.39, 0.29) is 11.9 Å². The molecule has 1 saturated heterocycles. The summed E-state index contributed by atoms with van der Waals surface area (Å²) in [6.07, 6.45) is 0.384. The number of benzene rings is 1. The third-order valence-corrected chi connectivity index (χ3v) is 3.33. The zero-order chi connectivity index (χ0) is 14.7. The Kier molecular flexibility index (Phi) is 3.83. The topological polar surface area (TPSA) is 89.3 Å². The highest BCUT2D eigenvalue weighted by molar-refractivity contribution is 5.82. The molecule has 7 heteroatoms. The van der Waals surface area contributed by atoms with Gasteiger partial charge in [-0.1, -0.05) is 5.16 Å². The van der Waals surface area contributed by atoms with Crippen LogP contribution in [-0.4, -0.2) is 42.3 Å². The average Bonchev–Trinajstić information content (AvgIpc) is 2.98. The minimum absolute atomic E-state index is 0.0366. The first-order chi connectivity index (χ1) is 10.3. The van der Waals surface area contributed by atoms with Crippen LogP contribution < -0.4 is 15.4 Å². The molecule has 1 aromatic heterocycles. The second-order valence-electron chi connectivity index (χ2n) is 4.74. The Hall–Kier alpha value is -2.41. The lowest BCUT2D eigenvalue weighted by molar-refractivity contribution is -0.124. The number of rotatable bonds is 4. The van der Waals surface area contributed by atoms with Gasteiger partial charge in [0, 0.05) is 18.7 Å². The fraction of sp³-hybridized carbons (Fsp3) is 0.357. The lowest BCUT2D eigenvalue weighted by atomic mass is 10.1. The molecule has 1 aliphatic rings. The van der Waals surface area contributed by atoms with Gasteiger partial charge in [0.2, 0.25) is 17.6 Å². The Morgan fingerprint density at radius 1 is 1.33 bits per heavy atom. The number of hydrogen-bond acceptors (Lipinski definition) is 6.